The minimum Gasteiger partial charge on any atom is -0.365 e. The van der Waals surface area contributed by atoms with Gasteiger partial charge in [0.2, 0.25) is 0 Å². The number of aryl methyl sites for hydroxylation is 1. The third-order valence-corrected chi connectivity index (χ3v) is 6.78. The second-order valence-corrected chi connectivity index (χ2v) is 8.30. The zero-order valence-electron chi connectivity index (χ0n) is 14.4. The molecule has 25 heavy (non-hydrogen) atoms. The van der Waals surface area contributed by atoms with Gasteiger partial charge in [-0.1, -0.05) is 6.42 Å². The summed E-state index contributed by atoms with van der Waals surface area (Å²) in [5.74, 6) is 0.547. The van der Waals surface area contributed by atoms with Gasteiger partial charge in [0.05, 0.1) is 18.3 Å². The molecule has 3 saturated heterocycles. The first kappa shape index (κ1) is 15.5. The van der Waals surface area contributed by atoms with Crippen LogP contribution in [0.25, 0.3) is 0 Å². The van der Waals surface area contributed by atoms with Crippen molar-refractivity contribution in [2.24, 2.45) is 11.3 Å². The molecule has 3 aliphatic heterocycles. The molecule has 1 aromatic heterocycles. The molecule has 6 nitrogen and oxygen atoms in total. The van der Waals surface area contributed by atoms with Crippen molar-refractivity contribution in [3.8, 4) is 0 Å². The number of hydrogen-bond acceptors (Lipinski definition) is 5. The smallest absolute Gasteiger partial charge is 0.254 e. The Hall–Kier alpha value is -1.76. The Balaban J connectivity index is 1.37. The van der Waals surface area contributed by atoms with Gasteiger partial charge in [-0.25, -0.2) is 14.4 Å². The third kappa shape index (κ3) is 2.14. The number of aromatic nitrogens is 2. The van der Waals surface area contributed by atoms with E-state index in [1.54, 1.807) is 6.92 Å². The van der Waals surface area contributed by atoms with Crippen LogP contribution in [0.2, 0.25) is 0 Å². The number of carbonyl (C=O) groups is 1. The van der Waals surface area contributed by atoms with E-state index in [0.29, 0.717) is 18.2 Å². The first-order valence-electron chi connectivity index (χ1n) is 9.18. The van der Waals surface area contributed by atoms with Crippen molar-refractivity contribution in [3.63, 3.8) is 0 Å². The van der Waals surface area contributed by atoms with Crippen molar-refractivity contribution in [2.75, 3.05) is 25.0 Å². The number of anilines is 1. The Labute approximate surface area is 146 Å². The highest BCUT2D eigenvalue weighted by molar-refractivity contribution is 5.87. The van der Waals surface area contributed by atoms with Crippen LogP contribution in [0, 0.1) is 24.1 Å². The maximum absolute atomic E-state index is 14.3. The SMILES string of the molecule is Cc1ncnc(NC2CN(C(=O)C34CC(CO3)C4)CC23CCC3)c1F. The largest absolute Gasteiger partial charge is 0.365 e. The molecule has 1 amide bonds. The van der Waals surface area contributed by atoms with Gasteiger partial charge in [0.25, 0.3) is 5.91 Å². The van der Waals surface area contributed by atoms with Crippen LogP contribution >= 0.6 is 0 Å². The van der Waals surface area contributed by atoms with Crippen molar-refractivity contribution in [1.29, 1.82) is 0 Å². The number of halogens is 1. The van der Waals surface area contributed by atoms with Crippen molar-refractivity contribution >= 4 is 11.7 Å². The van der Waals surface area contributed by atoms with E-state index < -0.39 is 11.4 Å². The van der Waals surface area contributed by atoms with Crippen molar-refractivity contribution in [1.82, 2.24) is 14.9 Å². The van der Waals surface area contributed by atoms with Crippen LogP contribution < -0.4 is 5.32 Å². The first-order valence-corrected chi connectivity index (χ1v) is 9.18. The molecule has 6 rings (SSSR count). The second-order valence-electron chi connectivity index (χ2n) is 8.30. The van der Waals surface area contributed by atoms with Crippen LogP contribution in [-0.2, 0) is 9.53 Å². The van der Waals surface area contributed by atoms with E-state index in [1.807, 2.05) is 4.90 Å². The predicted molar refractivity (Wildman–Crippen MR) is 88.4 cm³/mol. The van der Waals surface area contributed by atoms with Crippen LogP contribution in [0.5, 0.6) is 0 Å². The average molecular weight is 346 g/mol. The Kier molecular flexibility index (Phi) is 3.18. The number of rotatable bonds is 3. The fourth-order valence-electron chi connectivity index (χ4n) is 5.09. The van der Waals surface area contributed by atoms with Gasteiger partial charge < -0.3 is 15.0 Å². The number of nitrogens with zero attached hydrogens (tertiary/aromatic N) is 3. The quantitative estimate of drug-likeness (QED) is 0.905. The summed E-state index contributed by atoms with van der Waals surface area (Å²) < 4.78 is 20.1. The van der Waals surface area contributed by atoms with E-state index in [2.05, 4.69) is 15.3 Å². The molecule has 1 aromatic rings. The average Bonchev–Trinajstić information content (AvgIpc) is 3.22. The van der Waals surface area contributed by atoms with Crippen molar-refractivity contribution < 1.29 is 13.9 Å². The van der Waals surface area contributed by atoms with Gasteiger partial charge in [-0.3, -0.25) is 4.79 Å². The molecule has 1 atom stereocenters. The Morgan fingerprint density at radius 1 is 1.40 bits per heavy atom. The number of amides is 1. The van der Waals surface area contributed by atoms with E-state index >= 15 is 0 Å². The van der Waals surface area contributed by atoms with Crippen molar-refractivity contribution in [2.45, 2.75) is 50.7 Å². The lowest BCUT2D eigenvalue weighted by molar-refractivity contribution is -0.154. The predicted octanol–water partition coefficient (Wildman–Crippen LogP) is 1.90. The fraction of sp³-hybridized carbons (Fsp3) is 0.722. The maximum Gasteiger partial charge on any atom is 0.254 e. The summed E-state index contributed by atoms with van der Waals surface area (Å²) in [6.45, 7) is 3.69. The molecule has 2 bridgehead atoms. The lowest BCUT2D eigenvalue weighted by Crippen LogP contribution is -2.52. The molecule has 0 aromatic carbocycles. The van der Waals surface area contributed by atoms with Crippen LogP contribution in [0.1, 0.15) is 37.8 Å². The number of ether oxygens (including phenoxy) is 1. The molecule has 2 saturated carbocycles. The summed E-state index contributed by atoms with van der Waals surface area (Å²) >= 11 is 0. The Morgan fingerprint density at radius 2 is 2.20 bits per heavy atom. The highest BCUT2D eigenvalue weighted by Gasteiger charge is 2.61. The van der Waals surface area contributed by atoms with Gasteiger partial charge in [0, 0.05) is 18.5 Å². The first-order chi connectivity index (χ1) is 12.0. The molecule has 1 N–H and O–H groups in total. The summed E-state index contributed by atoms with van der Waals surface area (Å²) in [6, 6.07) is 0.0303. The second kappa shape index (κ2) is 5.13. The third-order valence-electron chi connectivity index (χ3n) is 6.78. The van der Waals surface area contributed by atoms with E-state index in [4.69, 9.17) is 4.74 Å². The summed E-state index contributed by atoms with van der Waals surface area (Å²) in [5.41, 5.74) is -0.175. The summed E-state index contributed by atoms with van der Waals surface area (Å²) in [5, 5.41) is 3.28. The van der Waals surface area contributed by atoms with Gasteiger partial charge in [0.15, 0.2) is 11.6 Å². The van der Waals surface area contributed by atoms with E-state index in [0.717, 1.165) is 45.3 Å². The number of carbonyl (C=O) groups excluding carboxylic acids is 1. The van der Waals surface area contributed by atoms with Gasteiger partial charge in [-0.2, -0.15) is 0 Å². The lowest BCUT2D eigenvalue weighted by atomic mass is 9.65. The summed E-state index contributed by atoms with van der Waals surface area (Å²) in [6.07, 6.45) is 6.41. The molecule has 4 heterocycles. The van der Waals surface area contributed by atoms with Crippen LogP contribution in [-0.4, -0.2) is 52.1 Å². The fourth-order valence-corrected chi connectivity index (χ4v) is 5.09. The molecule has 1 unspecified atom stereocenters. The molecule has 7 heteroatoms. The molecule has 0 radical (unpaired) electrons. The zero-order chi connectivity index (χ0) is 17.2. The normalized spacial score (nSPS) is 34.7. The number of nitrogens with one attached hydrogen (secondary N) is 1. The highest BCUT2D eigenvalue weighted by Crippen LogP contribution is 2.53. The van der Waals surface area contributed by atoms with E-state index in [1.165, 1.54) is 6.33 Å². The topological polar surface area (TPSA) is 67.4 Å². The molecule has 1 spiro atoms. The van der Waals surface area contributed by atoms with Gasteiger partial charge in [-0.15, -0.1) is 0 Å². The zero-order valence-corrected chi connectivity index (χ0v) is 14.4. The van der Waals surface area contributed by atoms with Crippen LogP contribution in [0.4, 0.5) is 10.2 Å². The lowest BCUT2D eigenvalue weighted by Gasteiger charge is -2.43. The minimum absolute atomic E-state index is 0.0303. The molecule has 5 fully saturated rings. The van der Waals surface area contributed by atoms with Gasteiger partial charge in [-0.05, 0) is 38.5 Å². The van der Waals surface area contributed by atoms with E-state index in [9.17, 15) is 9.18 Å². The molecule has 2 aliphatic carbocycles. The highest BCUT2D eigenvalue weighted by atomic mass is 19.1. The maximum atomic E-state index is 14.3. The van der Waals surface area contributed by atoms with E-state index in [-0.39, 0.29) is 23.2 Å². The van der Waals surface area contributed by atoms with Gasteiger partial charge >= 0.3 is 0 Å². The monoisotopic (exact) mass is 346 g/mol. The molecular formula is C18H23FN4O2. The van der Waals surface area contributed by atoms with Crippen molar-refractivity contribution in [3.05, 3.63) is 17.8 Å². The molecular weight excluding hydrogens is 323 g/mol. The van der Waals surface area contributed by atoms with Crippen LogP contribution in [0.15, 0.2) is 6.33 Å². The van der Waals surface area contributed by atoms with Gasteiger partial charge in [0.1, 0.15) is 11.9 Å². The summed E-state index contributed by atoms with van der Waals surface area (Å²) in [4.78, 5) is 22.9. The molecule has 134 valence electrons. The minimum atomic E-state index is -0.554. The number of hydrogen-bond donors (Lipinski definition) is 1. The Bertz CT molecular complexity index is 724. The number of fused-ring (bicyclic) bond motifs is 1. The van der Waals surface area contributed by atoms with Crippen LogP contribution in [0.3, 0.4) is 0 Å². The summed E-state index contributed by atoms with van der Waals surface area (Å²) in [7, 11) is 0. The molecule has 5 aliphatic rings. The standard InChI is InChI=1S/C18H23FN4O2/c1-11-14(19)15(21-10-20-11)22-13-7-23(9-17(13)3-2-4-17)16(24)18-5-12(6-18)8-25-18/h10,12-13H,2-9H2,1H3,(H,20,21,22). The Morgan fingerprint density at radius 3 is 2.84 bits per heavy atom. The number of likely N-dealkylation sites (tertiary alicyclic amines) is 1.